The van der Waals surface area contributed by atoms with Crippen molar-refractivity contribution in [3.8, 4) is 0 Å². The molecule has 1 atom stereocenters. The SMILES string of the molecule is O=S(=O)(O)CCS[As](SCCSOOO)c1ccc(Nc2ccccc2)cc1. The molecule has 0 spiro atoms. The van der Waals surface area contributed by atoms with Gasteiger partial charge in [-0.3, -0.25) is 0 Å². The zero-order valence-electron chi connectivity index (χ0n) is 14.6. The molecule has 0 aliphatic rings. The summed E-state index contributed by atoms with van der Waals surface area (Å²) in [5, 5.41) is 15.0. The Morgan fingerprint density at radius 2 is 1.57 bits per heavy atom. The van der Waals surface area contributed by atoms with Crippen molar-refractivity contribution in [3.05, 3.63) is 54.6 Å². The molecule has 0 bridgehead atoms. The van der Waals surface area contributed by atoms with Crippen molar-refractivity contribution in [1.29, 1.82) is 0 Å². The fourth-order valence-electron chi connectivity index (χ4n) is 1.98. The predicted octanol–water partition coefficient (Wildman–Crippen LogP) is 3.55. The molecule has 0 radical (unpaired) electrons. The quantitative estimate of drug-likeness (QED) is 0.0898. The standard InChI is InChI=1S/C16H20AsNO6S4/c19-23-24-27-11-10-25-17(26-12-13-28(20,21)22)14-6-8-16(9-7-14)18-15-4-2-1-3-5-15/h1-9,18-19H,10-13H2,(H,20,21,22). The first-order valence-electron chi connectivity index (χ1n) is 8.01. The fraction of sp³-hybridized carbons (Fsp3) is 0.250. The molecule has 12 heteroatoms. The number of para-hydroxylation sites is 1. The molecule has 0 saturated heterocycles. The van der Waals surface area contributed by atoms with E-state index >= 15 is 0 Å². The molecule has 2 aromatic rings. The van der Waals surface area contributed by atoms with Gasteiger partial charge in [0.15, 0.2) is 0 Å². The monoisotopic (exact) mass is 525 g/mol. The van der Waals surface area contributed by atoms with Crippen LogP contribution in [0.5, 0.6) is 0 Å². The molecule has 7 nitrogen and oxygen atoms in total. The summed E-state index contributed by atoms with van der Waals surface area (Å²) >= 11 is -0.662. The summed E-state index contributed by atoms with van der Waals surface area (Å²) in [6, 6.07) is 18.0. The van der Waals surface area contributed by atoms with Crippen LogP contribution in [0.25, 0.3) is 0 Å². The Morgan fingerprint density at radius 3 is 2.21 bits per heavy atom. The summed E-state index contributed by atoms with van der Waals surface area (Å²) in [5.41, 5.74) is 1.98. The third-order valence-electron chi connectivity index (χ3n) is 3.14. The Kier molecular flexibility index (Phi) is 11.1. The average molecular weight is 526 g/mol. The van der Waals surface area contributed by atoms with Gasteiger partial charge in [-0.05, 0) is 0 Å². The molecular formula is C16H20AsNO6S4. The van der Waals surface area contributed by atoms with Crippen LogP contribution in [-0.4, -0.2) is 53.6 Å². The van der Waals surface area contributed by atoms with E-state index in [0.717, 1.165) is 29.2 Å². The van der Waals surface area contributed by atoms with Crippen molar-refractivity contribution in [2.45, 2.75) is 0 Å². The molecule has 1 unspecified atom stereocenters. The van der Waals surface area contributed by atoms with E-state index in [1.54, 1.807) is 20.0 Å². The summed E-state index contributed by atoms with van der Waals surface area (Å²) in [7, 11) is -0.608. The molecule has 3 N–H and O–H groups in total. The molecule has 0 aliphatic carbocycles. The maximum absolute atomic E-state index is 11.0. The van der Waals surface area contributed by atoms with Gasteiger partial charge in [0, 0.05) is 0 Å². The van der Waals surface area contributed by atoms with E-state index < -0.39 is 22.5 Å². The first-order valence-corrected chi connectivity index (χ1v) is 17.9. The summed E-state index contributed by atoms with van der Waals surface area (Å²) < 4.78 is 36.5. The second-order valence-corrected chi connectivity index (χ2v) is 19.3. The Bertz CT molecular complexity index is 795. The fourth-order valence-corrected chi connectivity index (χ4v) is 17.3. The third-order valence-corrected chi connectivity index (χ3v) is 18.4. The summed E-state index contributed by atoms with van der Waals surface area (Å²) in [6.07, 6.45) is 0. The first kappa shape index (κ1) is 23.9. The van der Waals surface area contributed by atoms with Crippen LogP contribution in [0.1, 0.15) is 0 Å². The second-order valence-electron chi connectivity index (χ2n) is 5.21. The number of hydrogen-bond acceptors (Lipinski definition) is 9. The predicted molar refractivity (Wildman–Crippen MR) is 120 cm³/mol. The van der Waals surface area contributed by atoms with Crippen molar-refractivity contribution in [1.82, 2.24) is 0 Å². The first-order chi connectivity index (χ1) is 13.5. The number of hydrogen-bond donors (Lipinski definition) is 3. The summed E-state index contributed by atoms with van der Waals surface area (Å²) in [4.78, 5) is 0. The zero-order valence-corrected chi connectivity index (χ0v) is 19.8. The van der Waals surface area contributed by atoms with E-state index in [2.05, 4.69) is 26.8 Å². The molecule has 2 rings (SSSR count). The summed E-state index contributed by atoms with van der Waals surface area (Å²) in [5.74, 6) is 1.46. The zero-order chi connectivity index (χ0) is 20.2. The van der Waals surface area contributed by atoms with Gasteiger partial charge in [0.05, 0.1) is 0 Å². The number of benzene rings is 2. The molecule has 0 aliphatic heterocycles. The topological polar surface area (TPSA) is 105 Å². The van der Waals surface area contributed by atoms with Crippen LogP contribution >= 0.6 is 32.1 Å². The van der Waals surface area contributed by atoms with Crippen LogP contribution < -0.4 is 9.67 Å². The molecule has 28 heavy (non-hydrogen) atoms. The van der Waals surface area contributed by atoms with Crippen LogP contribution in [0.4, 0.5) is 11.4 Å². The van der Waals surface area contributed by atoms with Gasteiger partial charge >= 0.3 is 181 Å². The van der Waals surface area contributed by atoms with Gasteiger partial charge in [-0.25, -0.2) is 0 Å². The van der Waals surface area contributed by atoms with Gasteiger partial charge in [0.2, 0.25) is 0 Å². The molecule has 0 aromatic heterocycles. The van der Waals surface area contributed by atoms with Gasteiger partial charge in [-0.2, -0.15) is 0 Å². The molecule has 154 valence electrons. The Hall–Kier alpha value is -0.362. The van der Waals surface area contributed by atoms with E-state index in [-0.39, 0.29) is 5.75 Å². The van der Waals surface area contributed by atoms with Gasteiger partial charge in [-0.1, -0.05) is 0 Å². The molecule has 0 heterocycles. The third kappa shape index (κ3) is 9.91. The van der Waals surface area contributed by atoms with E-state index in [9.17, 15) is 8.42 Å². The van der Waals surface area contributed by atoms with Crippen LogP contribution in [0, 0.1) is 0 Å². The number of anilines is 2. The van der Waals surface area contributed by atoms with Crippen LogP contribution in [0.15, 0.2) is 54.6 Å². The van der Waals surface area contributed by atoms with Crippen molar-refractivity contribution >= 4 is 70.3 Å². The molecular weight excluding hydrogens is 505 g/mol. The Labute approximate surface area is 180 Å². The molecule has 2 aromatic carbocycles. The van der Waals surface area contributed by atoms with Crippen LogP contribution in [0.2, 0.25) is 0 Å². The maximum atomic E-state index is 11.0. The minimum absolute atomic E-state index is 0.257. The van der Waals surface area contributed by atoms with Crippen molar-refractivity contribution in [3.63, 3.8) is 0 Å². The van der Waals surface area contributed by atoms with Crippen molar-refractivity contribution < 1.29 is 27.6 Å². The van der Waals surface area contributed by atoms with E-state index in [0.29, 0.717) is 11.5 Å². The molecule has 0 saturated carbocycles. The Balaban J connectivity index is 1.97. The van der Waals surface area contributed by atoms with Gasteiger partial charge in [-0.15, -0.1) is 0 Å². The van der Waals surface area contributed by atoms with E-state index in [1.807, 2.05) is 42.5 Å². The van der Waals surface area contributed by atoms with Gasteiger partial charge in [0.25, 0.3) is 0 Å². The van der Waals surface area contributed by atoms with E-state index in [4.69, 9.17) is 9.81 Å². The minimum atomic E-state index is -3.96. The Morgan fingerprint density at radius 1 is 0.929 bits per heavy atom. The molecule has 0 fully saturated rings. The normalized spacial score (nSPS) is 12.6. The number of rotatable bonds is 13. The van der Waals surface area contributed by atoms with Crippen LogP contribution in [-0.2, 0) is 19.5 Å². The van der Waals surface area contributed by atoms with E-state index in [1.165, 1.54) is 4.35 Å². The van der Waals surface area contributed by atoms with Gasteiger partial charge < -0.3 is 0 Å². The van der Waals surface area contributed by atoms with Gasteiger partial charge in [0.1, 0.15) is 0 Å². The number of nitrogens with one attached hydrogen (secondary N) is 1. The second kappa shape index (κ2) is 13.0. The van der Waals surface area contributed by atoms with Crippen molar-refractivity contribution in [2.75, 3.05) is 28.3 Å². The summed E-state index contributed by atoms with van der Waals surface area (Å²) in [6.45, 7) is 0. The van der Waals surface area contributed by atoms with Crippen molar-refractivity contribution in [2.24, 2.45) is 0 Å². The molecule has 0 amide bonds. The van der Waals surface area contributed by atoms with Crippen LogP contribution in [0.3, 0.4) is 0 Å². The average Bonchev–Trinajstić information content (AvgIpc) is 2.67.